The van der Waals surface area contributed by atoms with Gasteiger partial charge in [0.25, 0.3) is 5.91 Å². The highest BCUT2D eigenvalue weighted by Gasteiger charge is 2.41. The number of carbonyl (C=O) groups excluding carboxylic acids is 2. The first-order chi connectivity index (χ1) is 22.1. The first kappa shape index (κ1) is 32.8. The van der Waals surface area contributed by atoms with Crippen LogP contribution in [0.1, 0.15) is 48.8 Å². The van der Waals surface area contributed by atoms with Crippen LogP contribution in [-0.4, -0.2) is 55.3 Å². The standard InChI is InChI=1S/C31H28F5N7O4/c1-30(2,3)47-29(45)42-13-9-17(10-14-42)24-23(8-12-38-26(24)37)46-22-7-6-18(15-21(22)33)41-28(44)19-16-40-43(25(19)31(34,35)36)27-20(32)5-4-11-39-27/h4-9,11-12,15-16H,10,13-14H2,1-3H3,(H2,37,38)(H,41,44). The molecule has 0 atom stereocenters. The Kier molecular flexibility index (Phi) is 8.87. The number of nitrogen functional groups attached to an aromatic ring is 1. The van der Waals surface area contributed by atoms with Gasteiger partial charge in [0.2, 0.25) is 0 Å². The molecule has 0 fully saturated rings. The summed E-state index contributed by atoms with van der Waals surface area (Å²) in [4.78, 5) is 34.6. The Morgan fingerprint density at radius 3 is 2.40 bits per heavy atom. The minimum atomic E-state index is -5.12. The molecule has 0 unspecified atom stereocenters. The Hall–Kier alpha value is -5.54. The normalized spacial score (nSPS) is 13.6. The van der Waals surface area contributed by atoms with Crippen molar-refractivity contribution in [1.29, 1.82) is 0 Å². The number of pyridine rings is 2. The molecule has 3 aromatic heterocycles. The summed E-state index contributed by atoms with van der Waals surface area (Å²) in [6.07, 6.45) is -0.397. The minimum Gasteiger partial charge on any atom is -0.453 e. The lowest BCUT2D eigenvalue weighted by atomic mass is 9.99. The van der Waals surface area contributed by atoms with Crippen LogP contribution >= 0.6 is 0 Å². The molecular weight excluding hydrogens is 629 g/mol. The van der Waals surface area contributed by atoms with Gasteiger partial charge in [-0.15, -0.1) is 0 Å². The summed E-state index contributed by atoms with van der Waals surface area (Å²) < 4.78 is 82.8. The average molecular weight is 658 g/mol. The highest BCUT2D eigenvalue weighted by atomic mass is 19.4. The molecular formula is C31H28F5N7O4. The van der Waals surface area contributed by atoms with Gasteiger partial charge in [-0.25, -0.2) is 28.2 Å². The van der Waals surface area contributed by atoms with Crippen molar-refractivity contribution in [3.05, 3.63) is 89.5 Å². The van der Waals surface area contributed by atoms with Gasteiger partial charge in [-0.3, -0.25) is 4.79 Å². The van der Waals surface area contributed by atoms with Crippen molar-refractivity contribution >= 4 is 29.1 Å². The van der Waals surface area contributed by atoms with Gasteiger partial charge in [0, 0.05) is 37.2 Å². The van der Waals surface area contributed by atoms with Crippen LogP contribution in [0.3, 0.4) is 0 Å². The number of nitrogens with zero attached hydrogens (tertiary/aromatic N) is 5. The summed E-state index contributed by atoms with van der Waals surface area (Å²) in [6.45, 7) is 5.85. The van der Waals surface area contributed by atoms with Gasteiger partial charge >= 0.3 is 12.3 Å². The van der Waals surface area contributed by atoms with Crippen LogP contribution in [0.15, 0.2) is 61.1 Å². The SMILES string of the molecule is CC(C)(C)OC(=O)N1CC=C(c2c(Oc3ccc(NC(=O)c4cnn(-c5ncccc5F)c4C(F)(F)F)cc3F)ccnc2N)CC1. The lowest BCUT2D eigenvalue weighted by Crippen LogP contribution is -2.39. The molecule has 0 bridgehead atoms. The third kappa shape index (κ3) is 7.31. The molecule has 0 saturated carbocycles. The van der Waals surface area contributed by atoms with Crippen LogP contribution in [0.2, 0.25) is 0 Å². The fraction of sp³-hybridized carbons (Fsp3) is 0.258. The fourth-order valence-corrected chi connectivity index (χ4v) is 4.72. The summed E-state index contributed by atoms with van der Waals surface area (Å²) in [7, 11) is 0. The Balaban J connectivity index is 1.35. The summed E-state index contributed by atoms with van der Waals surface area (Å²) >= 11 is 0. The summed E-state index contributed by atoms with van der Waals surface area (Å²) in [6, 6.07) is 6.79. The lowest BCUT2D eigenvalue weighted by molar-refractivity contribution is -0.143. The molecule has 4 aromatic rings. The smallest absolute Gasteiger partial charge is 0.434 e. The number of alkyl halides is 3. The van der Waals surface area contributed by atoms with E-state index in [1.54, 1.807) is 26.8 Å². The van der Waals surface area contributed by atoms with E-state index in [9.17, 15) is 27.2 Å². The van der Waals surface area contributed by atoms with E-state index in [1.165, 1.54) is 35.4 Å². The number of rotatable bonds is 6. The third-order valence-electron chi connectivity index (χ3n) is 6.76. The van der Waals surface area contributed by atoms with Crippen molar-refractivity contribution in [2.45, 2.75) is 39.0 Å². The van der Waals surface area contributed by atoms with Gasteiger partial charge in [-0.2, -0.15) is 18.3 Å². The van der Waals surface area contributed by atoms with Crippen LogP contribution in [0.5, 0.6) is 11.5 Å². The Bertz CT molecular complexity index is 1870. The molecule has 5 rings (SSSR count). The third-order valence-corrected chi connectivity index (χ3v) is 6.76. The number of nitrogens with two attached hydrogens (primary N) is 1. The number of ether oxygens (including phenoxy) is 2. The second-order valence-corrected chi connectivity index (χ2v) is 11.3. The molecule has 0 saturated heterocycles. The van der Waals surface area contributed by atoms with Gasteiger partial charge < -0.3 is 25.4 Å². The molecule has 246 valence electrons. The number of hydrogen-bond donors (Lipinski definition) is 2. The molecule has 3 N–H and O–H groups in total. The van der Waals surface area contributed by atoms with E-state index in [2.05, 4.69) is 20.4 Å². The first-order valence-corrected chi connectivity index (χ1v) is 14.1. The zero-order valence-electron chi connectivity index (χ0n) is 25.2. The molecule has 0 radical (unpaired) electrons. The molecule has 1 aromatic carbocycles. The van der Waals surface area contributed by atoms with Crippen molar-refractivity contribution < 1.29 is 41.0 Å². The maximum Gasteiger partial charge on any atom is 0.434 e. The van der Waals surface area contributed by atoms with E-state index in [0.717, 1.165) is 18.3 Å². The summed E-state index contributed by atoms with van der Waals surface area (Å²) in [5, 5.41) is 5.73. The number of benzene rings is 1. The van der Waals surface area contributed by atoms with Gasteiger partial charge in [-0.1, -0.05) is 6.08 Å². The number of amides is 2. The predicted octanol–water partition coefficient (Wildman–Crippen LogP) is 6.61. The topological polar surface area (TPSA) is 137 Å². The van der Waals surface area contributed by atoms with E-state index >= 15 is 4.39 Å². The molecule has 1 aliphatic heterocycles. The Morgan fingerprint density at radius 1 is 1.00 bits per heavy atom. The highest BCUT2D eigenvalue weighted by Crippen LogP contribution is 2.38. The molecule has 0 spiro atoms. The average Bonchev–Trinajstić information content (AvgIpc) is 3.44. The first-order valence-electron chi connectivity index (χ1n) is 14.1. The van der Waals surface area contributed by atoms with Crippen LogP contribution in [0, 0.1) is 11.6 Å². The second kappa shape index (κ2) is 12.7. The van der Waals surface area contributed by atoms with Gasteiger partial charge in [0.15, 0.2) is 28.9 Å². The van der Waals surface area contributed by atoms with E-state index in [1.807, 2.05) is 0 Å². The van der Waals surface area contributed by atoms with Crippen molar-refractivity contribution in [2.24, 2.45) is 0 Å². The zero-order chi connectivity index (χ0) is 34.1. The van der Waals surface area contributed by atoms with Crippen LogP contribution in [0.25, 0.3) is 11.4 Å². The maximum absolute atomic E-state index is 15.2. The molecule has 47 heavy (non-hydrogen) atoms. The van der Waals surface area contributed by atoms with E-state index in [4.69, 9.17) is 15.2 Å². The van der Waals surface area contributed by atoms with Crippen molar-refractivity contribution in [3.63, 3.8) is 0 Å². The van der Waals surface area contributed by atoms with Crippen LogP contribution in [0.4, 0.5) is 38.3 Å². The summed E-state index contributed by atoms with van der Waals surface area (Å²) in [5.41, 5.74) is 3.90. The largest absolute Gasteiger partial charge is 0.453 e. The van der Waals surface area contributed by atoms with Gasteiger partial charge in [0.1, 0.15) is 17.2 Å². The fourth-order valence-electron chi connectivity index (χ4n) is 4.72. The number of nitrogens with one attached hydrogen (secondary N) is 1. The molecule has 1 aliphatic rings. The zero-order valence-corrected chi connectivity index (χ0v) is 25.2. The quantitative estimate of drug-likeness (QED) is 0.221. The maximum atomic E-state index is 15.2. The monoisotopic (exact) mass is 657 g/mol. The predicted molar refractivity (Wildman–Crippen MR) is 160 cm³/mol. The molecule has 16 heteroatoms. The minimum absolute atomic E-state index is 0.107. The number of aromatic nitrogens is 4. The van der Waals surface area contributed by atoms with Crippen LogP contribution < -0.4 is 15.8 Å². The Morgan fingerprint density at radius 2 is 1.77 bits per heavy atom. The number of halogens is 5. The van der Waals surface area contributed by atoms with Crippen molar-refractivity contribution in [3.8, 4) is 17.3 Å². The molecule has 0 aliphatic carbocycles. The second-order valence-electron chi connectivity index (χ2n) is 11.3. The van der Waals surface area contributed by atoms with E-state index in [-0.39, 0.29) is 34.2 Å². The molecule has 11 nitrogen and oxygen atoms in total. The van der Waals surface area contributed by atoms with E-state index in [0.29, 0.717) is 30.3 Å². The number of anilines is 2. The van der Waals surface area contributed by atoms with Crippen LogP contribution in [-0.2, 0) is 10.9 Å². The Labute approximate surface area is 264 Å². The lowest BCUT2D eigenvalue weighted by Gasteiger charge is -2.30. The highest BCUT2D eigenvalue weighted by molar-refractivity contribution is 6.05. The molecule has 2 amide bonds. The van der Waals surface area contributed by atoms with E-state index < -0.39 is 52.5 Å². The number of carbonyl (C=O) groups is 2. The number of hydrogen-bond acceptors (Lipinski definition) is 8. The summed E-state index contributed by atoms with van der Waals surface area (Å²) in [5.74, 6) is -4.10. The van der Waals surface area contributed by atoms with Gasteiger partial charge in [-0.05, 0) is 63.1 Å². The molecule has 4 heterocycles. The van der Waals surface area contributed by atoms with Crippen molar-refractivity contribution in [2.75, 3.05) is 24.1 Å². The van der Waals surface area contributed by atoms with Gasteiger partial charge in [0.05, 0.1) is 17.3 Å². The van der Waals surface area contributed by atoms with Crippen molar-refractivity contribution in [1.82, 2.24) is 24.6 Å².